The molecule has 27 heavy (non-hydrogen) atoms. The van der Waals surface area contributed by atoms with Crippen molar-refractivity contribution >= 4 is 29.9 Å². The molecule has 0 radical (unpaired) electrons. The predicted octanol–water partition coefficient (Wildman–Crippen LogP) is 3.77. The standard InChI is InChI=1S/C20H37N5O.HI/c1-20(2,3)17-13-22-18(26-17)14-24-19(21-4)23-12-16(25(5)6)15-10-8-7-9-11-15;/h13,15-16H,7-12,14H2,1-6H3,(H2,21,23,24);1H. The summed E-state index contributed by atoms with van der Waals surface area (Å²) in [5.74, 6) is 3.16. The van der Waals surface area contributed by atoms with Crippen LogP contribution in [0.25, 0.3) is 0 Å². The Morgan fingerprint density at radius 3 is 2.44 bits per heavy atom. The molecule has 1 aliphatic carbocycles. The van der Waals surface area contributed by atoms with Gasteiger partial charge in [0.05, 0.1) is 12.7 Å². The molecule has 0 aliphatic heterocycles. The number of nitrogens with one attached hydrogen (secondary N) is 2. The number of oxazole rings is 1. The Labute approximate surface area is 182 Å². The molecule has 2 rings (SSSR count). The molecule has 156 valence electrons. The molecule has 2 N–H and O–H groups in total. The molecule has 1 heterocycles. The predicted molar refractivity (Wildman–Crippen MR) is 123 cm³/mol. The third kappa shape index (κ3) is 7.60. The quantitative estimate of drug-likeness (QED) is 0.361. The molecule has 0 spiro atoms. The SMILES string of the molecule is CN=C(NCc1ncc(C(C)(C)C)o1)NCC(C1CCCCC1)N(C)C.I. The maximum atomic E-state index is 5.84. The van der Waals surface area contributed by atoms with Gasteiger partial charge in [0.25, 0.3) is 0 Å². The molecular weight excluding hydrogens is 453 g/mol. The molecule has 1 fully saturated rings. The fourth-order valence-electron chi connectivity index (χ4n) is 3.61. The first-order chi connectivity index (χ1) is 12.3. The van der Waals surface area contributed by atoms with Crippen molar-refractivity contribution in [3.8, 4) is 0 Å². The monoisotopic (exact) mass is 491 g/mol. The minimum atomic E-state index is -0.0237. The Hall–Kier alpha value is -0.830. The van der Waals surface area contributed by atoms with Crippen LogP contribution < -0.4 is 10.6 Å². The third-order valence-electron chi connectivity index (χ3n) is 5.26. The van der Waals surface area contributed by atoms with Gasteiger partial charge in [0.2, 0.25) is 5.89 Å². The first-order valence-corrected chi connectivity index (χ1v) is 9.87. The fraction of sp³-hybridized carbons (Fsp3) is 0.800. The van der Waals surface area contributed by atoms with Gasteiger partial charge in [0.15, 0.2) is 5.96 Å². The average molecular weight is 491 g/mol. The van der Waals surface area contributed by atoms with Gasteiger partial charge < -0.3 is 20.0 Å². The Bertz CT molecular complexity index is 573. The molecule has 0 aromatic carbocycles. The smallest absolute Gasteiger partial charge is 0.213 e. The van der Waals surface area contributed by atoms with Gasteiger partial charge in [0, 0.05) is 25.0 Å². The van der Waals surface area contributed by atoms with Gasteiger partial charge in [-0.25, -0.2) is 4.98 Å². The largest absolute Gasteiger partial charge is 0.443 e. The van der Waals surface area contributed by atoms with Crippen molar-refractivity contribution in [3.63, 3.8) is 0 Å². The van der Waals surface area contributed by atoms with Crippen LogP contribution in [0.5, 0.6) is 0 Å². The van der Waals surface area contributed by atoms with E-state index in [1.807, 2.05) is 6.20 Å². The van der Waals surface area contributed by atoms with Crippen molar-refractivity contribution < 1.29 is 4.42 Å². The summed E-state index contributed by atoms with van der Waals surface area (Å²) in [5.41, 5.74) is -0.0237. The van der Waals surface area contributed by atoms with Crippen LogP contribution in [-0.2, 0) is 12.0 Å². The lowest BCUT2D eigenvalue weighted by atomic mass is 9.83. The van der Waals surface area contributed by atoms with E-state index in [0.717, 1.165) is 24.2 Å². The topological polar surface area (TPSA) is 65.7 Å². The maximum Gasteiger partial charge on any atom is 0.213 e. The van der Waals surface area contributed by atoms with E-state index < -0.39 is 0 Å². The summed E-state index contributed by atoms with van der Waals surface area (Å²) < 4.78 is 5.84. The van der Waals surface area contributed by atoms with Gasteiger partial charge >= 0.3 is 0 Å². The second-order valence-electron chi connectivity index (χ2n) is 8.60. The maximum absolute atomic E-state index is 5.84. The van der Waals surface area contributed by atoms with Gasteiger partial charge in [-0.1, -0.05) is 40.0 Å². The van der Waals surface area contributed by atoms with Crippen LogP contribution >= 0.6 is 24.0 Å². The summed E-state index contributed by atoms with van der Waals surface area (Å²) in [6.07, 6.45) is 8.60. The number of aliphatic imine (C=N–C) groups is 1. The molecule has 1 aliphatic rings. The van der Waals surface area contributed by atoms with E-state index in [1.165, 1.54) is 32.1 Å². The molecule has 0 saturated heterocycles. The highest BCUT2D eigenvalue weighted by atomic mass is 127. The van der Waals surface area contributed by atoms with E-state index in [2.05, 4.69) is 60.4 Å². The van der Waals surface area contributed by atoms with E-state index in [-0.39, 0.29) is 29.4 Å². The lowest BCUT2D eigenvalue weighted by Gasteiger charge is -2.35. The Morgan fingerprint density at radius 2 is 1.93 bits per heavy atom. The number of hydrogen-bond donors (Lipinski definition) is 2. The van der Waals surface area contributed by atoms with E-state index in [1.54, 1.807) is 7.05 Å². The molecule has 6 nitrogen and oxygen atoms in total. The zero-order chi connectivity index (χ0) is 19.2. The number of hydrogen-bond acceptors (Lipinski definition) is 4. The summed E-state index contributed by atoms with van der Waals surface area (Å²) >= 11 is 0. The molecule has 0 bridgehead atoms. The highest BCUT2D eigenvalue weighted by molar-refractivity contribution is 14.0. The summed E-state index contributed by atoms with van der Waals surface area (Å²) in [6.45, 7) is 7.80. The van der Waals surface area contributed by atoms with E-state index in [4.69, 9.17) is 4.42 Å². The van der Waals surface area contributed by atoms with Crippen LogP contribution in [0, 0.1) is 5.92 Å². The second kappa shape index (κ2) is 11.2. The van der Waals surface area contributed by atoms with Gasteiger partial charge in [-0.15, -0.1) is 24.0 Å². The van der Waals surface area contributed by atoms with E-state index in [0.29, 0.717) is 18.5 Å². The second-order valence-corrected chi connectivity index (χ2v) is 8.60. The van der Waals surface area contributed by atoms with Crippen molar-refractivity contribution in [1.82, 2.24) is 20.5 Å². The van der Waals surface area contributed by atoms with Crippen LogP contribution in [-0.4, -0.2) is 49.6 Å². The number of nitrogens with zero attached hydrogens (tertiary/aromatic N) is 3. The summed E-state index contributed by atoms with van der Waals surface area (Å²) in [5, 5.41) is 6.80. The first-order valence-electron chi connectivity index (χ1n) is 9.87. The van der Waals surface area contributed by atoms with Gasteiger partial charge in [0.1, 0.15) is 5.76 Å². The van der Waals surface area contributed by atoms with Crippen molar-refractivity contribution in [2.45, 2.75) is 70.9 Å². The zero-order valence-electron chi connectivity index (χ0n) is 17.8. The average Bonchev–Trinajstić information content (AvgIpc) is 3.08. The van der Waals surface area contributed by atoms with Crippen LogP contribution in [0.2, 0.25) is 0 Å². The molecule has 1 saturated carbocycles. The number of halogens is 1. The van der Waals surface area contributed by atoms with Gasteiger partial charge in [-0.05, 0) is 32.9 Å². The van der Waals surface area contributed by atoms with E-state index >= 15 is 0 Å². The Kier molecular flexibility index (Phi) is 10.1. The van der Waals surface area contributed by atoms with Crippen molar-refractivity contribution in [1.29, 1.82) is 0 Å². The molecule has 0 amide bonds. The zero-order valence-corrected chi connectivity index (χ0v) is 20.2. The first kappa shape index (κ1) is 24.2. The van der Waals surface area contributed by atoms with Crippen LogP contribution in [0.15, 0.2) is 15.6 Å². The van der Waals surface area contributed by atoms with Crippen LogP contribution in [0.1, 0.15) is 64.5 Å². The number of aromatic nitrogens is 1. The summed E-state index contributed by atoms with van der Waals surface area (Å²) in [7, 11) is 6.16. The van der Waals surface area contributed by atoms with Crippen molar-refractivity contribution in [2.24, 2.45) is 10.9 Å². The van der Waals surface area contributed by atoms with Gasteiger partial charge in [-0.2, -0.15) is 0 Å². The molecule has 7 heteroatoms. The fourth-order valence-corrected chi connectivity index (χ4v) is 3.61. The van der Waals surface area contributed by atoms with Crippen LogP contribution in [0.3, 0.4) is 0 Å². The Morgan fingerprint density at radius 1 is 1.26 bits per heavy atom. The minimum absolute atomic E-state index is 0. The van der Waals surface area contributed by atoms with E-state index in [9.17, 15) is 0 Å². The highest BCUT2D eigenvalue weighted by Crippen LogP contribution is 2.28. The third-order valence-corrected chi connectivity index (χ3v) is 5.26. The Balaban J connectivity index is 0.00000364. The van der Waals surface area contributed by atoms with Crippen molar-refractivity contribution in [3.05, 3.63) is 17.8 Å². The molecular formula is C20H38IN5O. The molecule has 1 atom stereocenters. The number of guanidine groups is 1. The highest BCUT2D eigenvalue weighted by Gasteiger charge is 2.25. The van der Waals surface area contributed by atoms with Crippen molar-refractivity contribution in [2.75, 3.05) is 27.7 Å². The van der Waals surface area contributed by atoms with Crippen LogP contribution in [0.4, 0.5) is 0 Å². The molecule has 1 unspecified atom stereocenters. The lowest BCUT2D eigenvalue weighted by molar-refractivity contribution is 0.171. The summed E-state index contributed by atoms with van der Waals surface area (Å²) in [6, 6.07) is 0.531. The lowest BCUT2D eigenvalue weighted by Crippen LogP contribution is -2.48. The summed E-state index contributed by atoms with van der Waals surface area (Å²) in [4.78, 5) is 11.1. The molecule has 1 aromatic rings. The minimum Gasteiger partial charge on any atom is -0.443 e. The normalized spacial score (nSPS) is 17.5. The number of likely N-dealkylation sites (N-methyl/N-ethyl adjacent to an activating group) is 1. The molecule has 1 aromatic heterocycles. The number of rotatable bonds is 6. The van der Waals surface area contributed by atoms with Gasteiger partial charge in [-0.3, -0.25) is 4.99 Å².